The molecule has 0 saturated carbocycles. The van der Waals surface area contributed by atoms with Gasteiger partial charge in [0.25, 0.3) is 5.91 Å². The van der Waals surface area contributed by atoms with Crippen molar-refractivity contribution < 1.29 is 9.59 Å². The number of rotatable bonds is 3. The second-order valence-electron chi connectivity index (χ2n) is 5.36. The molecule has 3 rings (SSSR count). The van der Waals surface area contributed by atoms with Gasteiger partial charge in [-0.25, -0.2) is 4.90 Å². The molecule has 0 spiro atoms. The van der Waals surface area contributed by atoms with E-state index in [2.05, 4.69) is 5.32 Å². The molecule has 6 heteroatoms. The number of imide groups is 1. The number of hydrogen-bond acceptors (Lipinski definition) is 3. The van der Waals surface area contributed by atoms with Crippen LogP contribution in [-0.4, -0.2) is 17.9 Å². The van der Waals surface area contributed by atoms with Crippen molar-refractivity contribution in [3.05, 3.63) is 58.1 Å². The Morgan fingerprint density at radius 3 is 2.57 bits per heavy atom. The van der Waals surface area contributed by atoms with Gasteiger partial charge >= 0.3 is 0 Å². The van der Waals surface area contributed by atoms with Crippen molar-refractivity contribution in [2.75, 3.05) is 10.2 Å². The van der Waals surface area contributed by atoms with Crippen LogP contribution in [0.3, 0.4) is 0 Å². The van der Waals surface area contributed by atoms with Gasteiger partial charge in [-0.2, -0.15) is 0 Å². The van der Waals surface area contributed by atoms with Gasteiger partial charge in [0.05, 0.1) is 27.8 Å². The molecule has 1 unspecified atom stereocenters. The Morgan fingerprint density at radius 2 is 1.83 bits per heavy atom. The molecule has 2 aromatic rings. The van der Waals surface area contributed by atoms with Crippen molar-refractivity contribution in [2.45, 2.75) is 19.4 Å². The van der Waals surface area contributed by atoms with E-state index in [1.54, 1.807) is 30.3 Å². The van der Waals surface area contributed by atoms with E-state index in [4.69, 9.17) is 23.2 Å². The number of nitrogens with one attached hydrogen (secondary N) is 1. The Balaban J connectivity index is 1.87. The maximum atomic E-state index is 12.6. The zero-order chi connectivity index (χ0) is 16.6. The van der Waals surface area contributed by atoms with E-state index in [9.17, 15) is 9.59 Å². The van der Waals surface area contributed by atoms with Crippen molar-refractivity contribution in [1.29, 1.82) is 0 Å². The van der Waals surface area contributed by atoms with E-state index < -0.39 is 6.04 Å². The summed E-state index contributed by atoms with van der Waals surface area (Å²) in [5, 5.41) is 3.75. The molecule has 2 amide bonds. The largest absolute Gasteiger partial charge is 0.372 e. The highest BCUT2D eigenvalue weighted by Gasteiger charge is 2.40. The quantitative estimate of drug-likeness (QED) is 0.851. The van der Waals surface area contributed by atoms with Crippen molar-refractivity contribution in [1.82, 2.24) is 0 Å². The topological polar surface area (TPSA) is 49.4 Å². The summed E-state index contributed by atoms with van der Waals surface area (Å²) in [5.41, 5.74) is 2.02. The lowest BCUT2D eigenvalue weighted by Crippen LogP contribution is -2.35. The average molecular weight is 349 g/mol. The molecule has 1 saturated heterocycles. The molecule has 1 fully saturated rings. The van der Waals surface area contributed by atoms with Gasteiger partial charge in [0.2, 0.25) is 5.91 Å². The van der Waals surface area contributed by atoms with Crippen LogP contribution in [0.5, 0.6) is 0 Å². The van der Waals surface area contributed by atoms with Crippen molar-refractivity contribution in [3.8, 4) is 0 Å². The summed E-state index contributed by atoms with van der Waals surface area (Å²) < 4.78 is 0. The van der Waals surface area contributed by atoms with Gasteiger partial charge in [-0.15, -0.1) is 0 Å². The van der Waals surface area contributed by atoms with Crippen LogP contribution in [0.2, 0.25) is 10.0 Å². The first-order chi connectivity index (χ1) is 11.0. The highest BCUT2D eigenvalue weighted by molar-refractivity contribution is 6.43. The van der Waals surface area contributed by atoms with Crippen molar-refractivity contribution >= 4 is 46.4 Å². The Hall–Kier alpha value is -2.04. The van der Waals surface area contributed by atoms with Gasteiger partial charge < -0.3 is 5.32 Å². The van der Waals surface area contributed by atoms with Crippen LogP contribution in [0.25, 0.3) is 0 Å². The number of carbonyl (C=O) groups is 2. The normalized spacial score (nSPS) is 17.7. The molecule has 1 atom stereocenters. The van der Waals surface area contributed by atoms with E-state index >= 15 is 0 Å². The molecule has 1 aliphatic heterocycles. The molecule has 118 valence electrons. The van der Waals surface area contributed by atoms with E-state index in [1.165, 1.54) is 4.90 Å². The van der Waals surface area contributed by atoms with Crippen molar-refractivity contribution in [3.63, 3.8) is 0 Å². The van der Waals surface area contributed by atoms with Gasteiger partial charge in [-0.1, -0.05) is 47.5 Å². The lowest BCUT2D eigenvalue weighted by molar-refractivity contribution is -0.121. The molecule has 4 nitrogen and oxygen atoms in total. The lowest BCUT2D eigenvalue weighted by Gasteiger charge is -2.18. The van der Waals surface area contributed by atoms with Crippen LogP contribution in [-0.2, 0) is 9.59 Å². The molecular formula is C17H14Cl2N2O2. The predicted molar refractivity (Wildman–Crippen MR) is 92.2 cm³/mol. The smallest absolute Gasteiger partial charge is 0.256 e. The van der Waals surface area contributed by atoms with Crippen LogP contribution in [0.4, 0.5) is 11.4 Å². The number of para-hydroxylation sites is 1. The summed E-state index contributed by atoms with van der Waals surface area (Å²) in [5.74, 6) is -0.528. The van der Waals surface area contributed by atoms with Gasteiger partial charge in [-0.05, 0) is 30.7 Å². The molecule has 0 bridgehead atoms. The van der Waals surface area contributed by atoms with Gasteiger partial charge in [0.1, 0.15) is 6.04 Å². The fourth-order valence-corrected chi connectivity index (χ4v) is 2.97. The molecule has 0 aromatic heterocycles. The molecule has 1 heterocycles. The lowest BCUT2D eigenvalue weighted by atomic mass is 10.2. The second kappa shape index (κ2) is 6.22. The highest BCUT2D eigenvalue weighted by Crippen LogP contribution is 2.32. The number of halogens is 2. The van der Waals surface area contributed by atoms with E-state index in [-0.39, 0.29) is 18.2 Å². The summed E-state index contributed by atoms with van der Waals surface area (Å²) in [4.78, 5) is 26.2. The van der Waals surface area contributed by atoms with Gasteiger partial charge in [0, 0.05) is 0 Å². The van der Waals surface area contributed by atoms with Crippen molar-refractivity contribution in [2.24, 2.45) is 0 Å². The Labute approximate surface area is 144 Å². The summed E-state index contributed by atoms with van der Waals surface area (Å²) in [6.07, 6.45) is 0.0794. The van der Waals surface area contributed by atoms with Crippen LogP contribution >= 0.6 is 23.2 Å². The number of hydrogen-bond donors (Lipinski definition) is 1. The third kappa shape index (κ3) is 2.92. The minimum atomic E-state index is -0.655. The first-order valence-corrected chi connectivity index (χ1v) is 7.87. The van der Waals surface area contributed by atoms with Gasteiger partial charge in [-0.3, -0.25) is 9.59 Å². The average Bonchev–Trinajstić information content (AvgIpc) is 2.79. The minimum absolute atomic E-state index is 0.0794. The van der Waals surface area contributed by atoms with Gasteiger partial charge in [0.15, 0.2) is 0 Å². The maximum Gasteiger partial charge on any atom is 0.256 e. The van der Waals surface area contributed by atoms with E-state index in [0.29, 0.717) is 21.4 Å². The zero-order valence-electron chi connectivity index (χ0n) is 12.3. The van der Waals surface area contributed by atoms with E-state index in [0.717, 1.165) is 5.56 Å². The molecule has 1 N–H and O–H groups in total. The molecule has 0 aliphatic carbocycles. The SMILES string of the molecule is Cc1ccccc1N1C(=O)CC(Nc2cccc(Cl)c2Cl)C1=O. The first kappa shape index (κ1) is 15.8. The van der Waals surface area contributed by atoms with Crippen LogP contribution in [0.1, 0.15) is 12.0 Å². The fraction of sp³-hybridized carbons (Fsp3) is 0.176. The number of amides is 2. The highest BCUT2D eigenvalue weighted by atomic mass is 35.5. The second-order valence-corrected chi connectivity index (χ2v) is 6.14. The Bertz CT molecular complexity index is 792. The maximum absolute atomic E-state index is 12.6. The standard InChI is InChI=1S/C17H14Cl2N2O2/c1-10-5-2-3-8-14(10)21-15(22)9-13(17(21)23)20-12-7-4-6-11(18)16(12)19/h2-8,13,20H,9H2,1H3. The number of benzene rings is 2. The number of anilines is 2. The van der Waals surface area contributed by atoms with E-state index in [1.807, 2.05) is 19.1 Å². The molecule has 0 radical (unpaired) electrons. The zero-order valence-corrected chi connectivity index (χ0v) is 13.9. The monoisotopic (exact) mass is 348 g/mol. The first-order valence-electron chi connectivity index (χ1n) is 7.12. The number of nitrogens with zero attached hydrogens (tertiary/aromatic N) is 1. The fourth-order valence-electron chi connectivity index (χ4n) is 2.62. The minimum Gasteiger partial charge on any atom is -0.372 e. The molecule has 2 aromatic carbocycles. The molecular weight excluding hydrogens is 335 g/mol. The number of carbonyl (C=O) groups excluding carboxylic acids is 2. The Morgan fingerprint density at radius 1 is 1.09 bits per heavy atom. The van der Waals surface area contributed by atoms with Crippen LogP contribution < -0.4 is 10.2 Å². The summed E-state index contributed by atoms with van der Waals surface area (Å²) in [6, 6.07) is 11.8. The predicted octanol–water partition coefficient (Wildman–Crippen LogP) is 4.05. The van der Waals surface area contributed by atoms with Crippen LogP contribution in [0.15, 0.2) is 42.5 Å². The number of aryl methyl sites for hydroxylation is 1. The van der Waals surface area contributed by atoms with Crippen LogP contribution in [0, 0.1) is 6.92 Å². The summed E-state index contributed by atoms with van der Waals surface area (Å²) in [6.45, 7) is 1.87. The Kier molecular flexibility index (Phi) is 4.28. The molecule has 23 heavy (non-hydrogen) atoms. The third-order valence-electron chi connectivity index (χ3n) is 3.78. The molecule has 1 aliphatic rings. The summed E-state index contributed by atoms with van der Waals surface area (Å²) >= 11 is 12.1. The summed E-state index contributed by atoms with van der Waals surface area (Å²) in [7, 11) is 0. The third-order valence-corrected chi connectivity index (χ3v) is 4.60.